The summed E-state index contributed by atoms with van der Waals surface area (Å²) in [5.74, 6) is -0.200. The highest BCUT2D eigenvalue weighted by atomic mass is 32.2. The summed E-state index contributed by atoms with van der Waals surface area (Å²) in [7, 11) is -9.10. The zero-order valence-corrected chi connectivity index (χ0v) is 37.8. The maximum absolute atomic E-state index is 12.3. The number of benzene rings is 7. The summed E-state index contributed by atoms with van der Waals surface area (Å²) in [5.41, 5.74) is 10.8. The van der Waals surface area contributed by atoms with Crippen molar-refractivity contribution in [1.82, 2.24) is 0 Å². The van der Waals surface area contributed by atoms with E-state index in [4.69, 9.17) is 9.98 Å². The molecule has 0 saturated heterocycles. The van der Waals surface area contributed by atoms with Gasteiger partial charge in [-0.2, -0.15) is 16.8 Å². The Hall–Kier alpha value is -7.82. The van der Waals surface area contributed by atoms with E-state index in [1.54, 1.807) is 31.2 Å². The SMILES string of the molecule is Cc1ccc(Nc2cc(O)c(Cc3ccc(Nc4ccc(N=C5C=CC(=Nc6ccc(Cc7ccc(Nc8cc(O)c(C)cc8S(=O)(=O)O)cc7)cc6)C=C5)cc4)cc3)cc2S(=O)(=O)O)cc1. The van der Waals surface area contributed by atoms with Crippen LogP contribution in [0.15, 0.2) is 190 Å². The number of rotatable bonds is 14. The lowest BCUT2D eigenvalue weighted by molar-refractivity contribution is 0.467. The predicted molar refractivity (Wildman–Crippen MR) is 265 cm³/mol. The van der Waals surface area contributed by atoms with Crippen molar-refractivity contribution >= 4 is 77.2 Å². The van der Waals surface area contributed by atoms with Gasteiger partial charge in [-0.05, 0) is 157 Å². The minimum absolute atomic E-state index is 0.0679. The molecule has 0 unspecified atom stereocenters. The number of aryl methyl sites for hydroxylation is 2. The number of hydrogen-bond donors (Lipinski definition) is 7. The maximum Gasteiger partial charge on any atom is 0.296 e. The summed E-state index contributed by atoms with van der Waals surface area (Å²) < 4.78 is 68.1. The van der Waals surface area contributed by atoms with Crippen molar-refractivity contribution in [3.8, 4) is 11.5 Å². The Labute approximate surface area is 388 Å². The zero-order chi connectivity index (χ0) is 47.3. The molecule has 338 valence electrons. The summed E-state index contributed by atoms with van der Waals surface area (Å²) in [5, 5.41) is 30.3. The van der Waals surface area contributed by atoms with E-state index in [0.29, 0.717) is 28.9 Å². The van der Waals surface area contributed by atoms with Crippen LogP contribution >= 0.6 is 0 Å². The van der Waals surface area contributed by atoms with E-state index >= 15 is 0 Å². The molecule has 0 atom stereocenters. The van der Waals surface area contributed by atoms with E-state index in [1.807, 2.05) is 128 Å². The zero-order valence-electron chi connectivity index (χ0n) is 36.2. The van der Waals surface area contributed by atoms with Crippen LogP contribution in [0.3, 0.4) is 0 Å². The van der Waals surface area contributed by atoms with Gasteiger partial charge in [0.15, 0.2) is 0 Å². The number of anilines is 6. The van der Waals surface area contributed by atoms with Gasteiger partial charge in [-0.1, -0.05) is 54.1 Å². The van der Waals surface area contributed by atoms with E-state index in [1.165, 1.54) is 24.3 Å². The van der Waals surface area contributed by atoms with E-state index < -0.39 is 20.2 Å². The second-order valence-corrected chi connectivity index (χ2v) is 18.8. The summed E-state index contributed by atoms with van der Waals surface area (Å²) in [4.78, 5) is 8.86. The minimum Gasteiger partial charge on any atom is -0.508 e. The van der Waals surface area contributed by atoms with Gasteiger partial charge >= 0.3 is 0 Å². The summed E-state index contributed by atoms with van der Waals surface area (Å²) in [6.07, 6.45) is 8.52. The van der Waals surface area contributed by atoms with Crippen LogP contribution in [0.4, 0.5) is 45.5 Å². The molecule has 0 aromatic heterocycles. The van der Waals surface area contributed by atoms with Gasteiger partial charge in [0.25, 0.3) is 20.2 Å². The van der Waals surface area contributed by atoms with Crippen LogP contribution in [0, 0.1) is 13.8 Å². The fourth-order valence-electron chi connectivity index (χ4n) is 7.23. The third-order valence-electron chi connectivity index (χ3n) is 10.8. The van der Waals surface area contributed by atoms with Crippen LogP contribution in [0.5, 0.6) is 11.5 Å². The molecule has 1 aliphatic rings. The molecule has 7 aromatic carbocycles. The first-order valence-corrected chi connectivity index (χ1v) is 23.8. The Balaban J connectivity index is 0.830. The van der Waals surface area contributed by atoms with Gasteiger partial charge in [0.2, 0.25) is 0 Å². The number of nitrogens with zero attached hydrogens (tertiary/aromatic N) is 2. The third-order valence-corrected chi connectivity index (χ3v) is 12.6. The van der Waals surface area contributed by atoms with Gasteiger partial charge in [0.05, 0.1) is 34.2 Å². The van der Waals surface area contributed by atoms with Crippen LogP contribution in [-0.2, 0) is 33.1 Å². The second-order valence-electron chi connectivity index (χ2n) is 16.0. The van der Waals surface area contributed by atoms with Crippen molar-refractivity contribution in [3.05, 3.63) is 203 Å². The number of phenolic OH excluding ortho intramolecular Hbond substituents is 2. The number of nitrogens with one attached hydrogen (secondary N) is 3. The molecule has 7 aromatic rings. The molecule has 67 heavy (non-hydrogen) atoms. The molecular formula is C52H45N5O8S2. The molecule has 0 radical (unpaired) electrons. The third kappa shape index (κ3) is 11.9. The topological polar surface area (TPSA) is 210 Å². The molecule has 7 N–H and O–H groups in total. The second kappa shape index (κ2) is 19.3. The Morgan fingerprint density at radius 2 is 0.821 bits per heavy atom. The fraction of sp³-hybridized carbons (Fsp3) is 0.0769. The first kappa shape index (κ1) is 45.7. The van der Waals surface area contributed by atoms with Crippen molar-refractivity contribution in [1.29, 1.82) is 0 Å². The van der Waals surface area contributed by atoms with Gasteiger partial charge in [-0.3, -0.25) is 9.11 Å². The van der Waals surface area contributed by atoms with Crippen molar-refractivity contribution in [3.63, 3.8) is 0 Å². The Kier molecular flexibility index (Phi) is 13.2. The number of phenols is 2. The van der Waals surface area contributed by atoms with E-state index in [2.05, 4.69) is 16.0 Å². The highest BCUT2D eigenvalue weighted by molar-refractivity contribution is 7.86. The molecule has 0 fully saturated rings. The van der Waals surface area contributed by atoms with Crippen molar-refractivity contribution < 1.29 is 36.2 Å². The summed E-state index contributed by atoms with van der Waals surface area (Å²) in [6.45, 7) is 3.48. The van der Waals surface area contributed by atoms with Crippen molar-refractivity contribution in [2.45, 2.75) is 36.5 Å². The van der Waals surface area contributed by atoms with Crippen LogP contribution in [-0.4, -0.2) is 47.6 Å². The molecule has 15 heteroatoms. The Bertz CT molecular complexity index is 3300. The van der Waals surface area contributed by atoms with Crippen LogP contribution in [0.1, 0.15) is 33.4 Å². The highest BCUT2D eigenvalue weighted by Crippen LogP contribution is 2.35. The summed E-state index contributed by atoms with van der Waals surface area (Å²) in [6, 6.07) is 43.0. The molecule has 13 nitrogen and oxygen atoms in total. The molecule has 0 spiro atoms. The van der Waals surface area contributed by atoms with Crippen LogP contribution < -0.4 is 16.0 Å². The van der Waals surface area contributed by atoms with E-state index in [0.717, 1.165) is 56.4 Å². The molecule has 0 amide bonds. The number of allylic oxidation sites excluding steroid dienone is 4. The predicted octanol–water partition coefficient (Wildman–Crippen LogP) is 11.6. The monoisotopic (exact) mass is 931 g/mol. The Morgan fingerprint density at radius 1 is 0.448 bits per heavy atom. The van der Waals surface area contributed by atoms with Crippen molar-refractivity contribution in [2.75, 3.05) is 16.0 Å². The van der Waals surface area contributed by atoms with Crippen LogP contribution in [0.25, 0.3) is 0 Å². The lowest BCUT2D eigenvalue weighted by atomic mass is 10.0. The number of aromatic hydroxyl groups is 2. The number of aliphatic imine (C=N–C) groups is 2. The molecular weight excluding hydrogens is 887 g/mol. The highest BCUT2D eigenvalue weighted by Gasteiger charge is 2.21. The molecule has 1 aliphatic carbocycles. The minimum atomic E-state index is -4.60. The molecule has 0 saturated carbocycles. The Morgan fingerprint density at radius 3 is 1.30 bits per heavy atom. The van der Waals surface area contributed by atoms with Gasteiger partial charge in [0, 0.05) is 41.3 Å². The first-order valence-electron chi connectivity index (χ1n) is 20.9. The quantitative estimate of drug-likeness (QED) is 0.0403. The van der Waals surface area contributed by atoms with E-state index in [9.17, 15) is 36.2 Å². The fourth-order valence-corrected chi connectivity index (χ4v) is 8.63. The van der Waals surface area contributed by atoms with Crippen LogP contribution in [0.2, 0.25) is 0 Å². The molecule has 0 heterocycles. The average Bonchev–Trinajstić information content (AvgIpc) is 3.29. The lowest BCUT2D eigenvalue weighted by Gasteiger charge is -2.14. The van der Waals surface area contributed by atoms with Crippen molar-refractivity contribution in [2.24, 2.45) is 9.98 Å². The van der Waals surface area contributed by atoms with Gasteiger partial charge in [-0.15, -0.1) is 0 Å². The lowest BCUT2D eigenvalue weighted by Crippen LogP contribution is -2.05. The maximum atomic E-state index is 12.3. The average molecular weight is 932 g/mol. The standard InChI is InChI=1S/C52H45N5O8S2/c1-33-3-11-45(12-4-33)56-48-32-50(59)38(30-52(48)67(63,64)65)29-37-9-15-40(16-10-37)54-42-21-25-44(26-22-42)55-43-23-19-41(20-24-43)53-39-13-5-35(6-14-39)28-36-7-17-46(18-8-36)57-47-31-49(58)34(2)27-51(47)66(60,61)62/h3-27,30-32,54,56-59H,28-29H2,1-2H3,(H,60,61,62)(H,63,64,65). The normalized spacial score (nSPS) is 12.5. The first-order chi connectivity index (χ1) is 32.0. The van der Waals surface area contributed by atoms with E-state index in [-0.39, 0.29) is 39.1 Å². The smallest absolute Gasteiger partial charge is 0.296 e. The van der Waals surface area contributed by atoms with Gasteiger partial charge < -0.3 is 26.2 Å². The molecule has 0 bridgehead atoms. The summed E-state index contributed by atoms with van der Waals surface area (Å²) >= 11 is 0. The van der Waals surface area contributed by atoms with Gasteiger partial charge in [0.1, 0.15) is 21.3 Å². The molecule has 8 rings (SSSR count). The van der Waals surface area contributed by atoms with Gasteiger partial charge in [-0.25, -0.2) is 9.98 Å². The molecule has 0 aliphatic heterocycles. The largest absolute Gasteiger partial charge is 0.508 e. The number of hydrogen-bond acceptors (Lipinski definition) is 11.